The van der Waals surface area contributed by atoms with Crippen molar-refractivity contribution < 1.29 is 9.53 Å². The fourth-order valence-corrected chi connectivity index (χ4v) is 5.66. The maximum atomic E-state index is 14.0. The number of ether oxygens (including phenoxy) is 1. The van der Waals surface area contributed by atoms with Gasteiger partial charge in [0.05, 0.1) is 12.8 Å². The van der Waals surface area contributed by atoms with Gasteiger partial charge in [0.2, 0.25) is 5.91 Å². The zero-order valence-electron chi connectivity index (χ0n) is 20.9. The van der Waals surface area contributed by atoms with Crippen LogP contribution in [-0.4, -0.2) is 57.2 Å². The predicted molar refractivity (Wildman–Crippen MR) is 152 cm³/mol. The number of benzene rings is 3. The molecule has 1 saturated heterocycles. The quantitative estimate of drug-likeness (QED) is 0.411. The third-order valence-electron chi connectivity index (χ3n) is 7.45. The van der Waals surface area contributed by atoms with Crippen molar-refractivity contribution in [1.29, 1.82) is 0 Å². The van der Waals surface area contributed by atoms with E-state index in [1.54, 1.807) is 7.11 Å². The van der Waals surface area contributed by atoms with E-state index < -0.39 is 5.41 Å². The van der Waals surface area contributed by atoms with E-state index in [1.165, 1.54) is 0 Å². The van der Waals surface area contributed by atoms with Crippen molar-refractivity contribution in [3.8, 4) is 5.75 Å². The summed E-state index contributed by atoms with van der Waals surface area (Å²) in [4.78, 5) is 20.8. The number of hydrogen-bond donors (Lipinski definition) is 0. The molecule has 0 N–H and O–H groups in total. The van der Waals surface area contributed by atoms with Crippen LogP contribution >= 0.6 is 24.8 Å². The average molecular weight is 529 g/mol. The van der Waals surface area contributed by atoms with E-state index in [4.69, 9.17) is 4.74 Å². The van der Waals surface area contributed by atoms with E-state index in [0.29, 0.717) is 6.54 Å². The van der Waals surface area contributed by atoms with Crippen LogP contribution in [0.5, 0.6) is 5.75 Å². The number of anilines is 2. The lowest BCUT2D eigenvalue weighted by atomic mass is 9.72. The molecule has 36 heavy (non-hydrogen) atoms. The van der Waals surface area contributed by atoms with Crippen LogP contribution in [0, 0.1) is 0 Å². The molecule has 3 aromatic carbocycles. The van der Waals surface area contributed by atoms with Crippen LogP contribution in [0.3, 0.4) is 0 Å². The van der Waals surface area contributed by atoms with Gasteiger partial charge in [0, 0.05) is 38.4 Å². The van der Waals surface area contributed by atoms with E-state index in [0.717, 1.165) is 67.4 Å². The second-order valence-corrected chi connectivity index (χ2v) is 9.09. The smallest absolute Gasteiger partial charge is 0.242 e. The van der Waals surface area contributed by atoms with Gasteiger partial charge >= 0.3 is 0 Å². The van der Waals surface area contributed by atoms with Gasteiger partial charge in [-0.05, 0) is 49.2 Å². The summed E-state index contributed by atoms with van der Waals surface area (Å²) < 4.78 is 5.57. The van der Waals surface area contributed by atoms with E-state index in [-0.39, 0.29) is 30.7 Å². The third kappa shape index (κ3) is 4.80. The first-order valence-electron chi connectivity index (χ1n) is 12.3. The summed E-state index contributed by atoms with van der Waals surface area (Å²) in [6, 6.07) is 26.9. The summed E-state index contributed by atoms with van der Waals surface area (Å²) in [7, 11) is 1.73. The summed E-state index contributed by atoms with van der Waals surface area (Å²) in [5.41, 5.74) is 3.81. The highest BCUT2D eigenvalue weighted by Crippen LogP contribution is 2.48. The fraction of sp³-hybridized carbons (Fsp3) is 0.345. The number of nitrogens with zero attached hydrogens (tertiary/aromatic N) is 3. The molecule has 2 heterocycles. The van der Waals surface area contributed by atoms with Crippen LogP contribution in [0.15, 0.2) is 78.9 Å². The van der Waals surface area contributed by atoms with Crippen LogP contribution in [0.1, 0.15) is 24.5 Å². The summed E-state index contributed by atoms with van der Waals surface area (Å²) >= 11 is 0. The van der Waals surface area contributed by atoms with Gasteiger partial charge in [-0.3, -0.25) is 9.69 Å². The molecule has 0 radical (unpaired) electrons. The highest BCUT2D eigenvalue weighted by molar-refractivity contribution is 6.10. The third-order valence-corrected chi connectivity index (χ3v) is 7.45. The number of piperazine rings is 1. The Balaban J connectivity index is 0.00000180. The molecule has 1 unspecified atom stereocenters. The first kappa shape index (κ1) is 27.9. The largest absolute Gasteiger partial charge is 0.495 e. The van der Waals surface area contributed by atoms with E-state index in [2.05, 4.69) is 59.2 Å². The maximum Gasteiger partial charge on any atom is 0.242 e. The molecule has 0 bridgehead atoms. The molecule has 192 valence electrons. The van der Waals surface area contributed by atoms with Gasteiger partial charge in [-0.25, -0.2) is 0 Å². The second kappa shape index (κ2) is 12.0. The molecule has 5 rings (SSSR count). The second-order valence-electron chi connectivity index (χ2n) is 9.09. The maximum absolute atomic E-state index is 14.0. The first-order chi connectivity index (χ1) is 16.7. The Hall–Kier alpha value is -2.73. The van der Waals surface area contributed by atoms with Gasteiger partial charge in [0.25, 0.3) is 0 Å². The Labute approximate surface area is 226 Å². The number of halogens is 2. The molecule has 5 nitrogen and oxygen atoms in total. The van der Waals surface area contributed by atoms with Crippen molar-refractivity contribution in [3.05, 3.63) is 90.0 Å². The Morgan fingerprint density at radius 1 is 0.806 bits per heavy atom. The summed E-state index contributed by atoms with van der Waals surface area (Å²) in [6.07, 6.45) is 0.776. The van der Waals surface area contributed by atoms with Gasteiger partial charge in [0.15, 0.2) is 0 Å². The molecule has 2 aliphatic rings. The summed E-state index contributed by atoms with van der Waals surface area (Å²) in [6.45, 7) is 7.46. The van der Waals surface area contributed by atoms with Crippen LogP contribution < -0.4 is 14.5 Å². The van der Waals surface area contributed by atoms with Crippen molar-refractivity contribution in [2.24, 2.45) is 0 Å². The van der Waals surface area contributed by atoms with Gasteiger partial charge in [-0.1, -0.05) is 60.7 Å². The monoisotopic (exact) mass is 527 g/mol. The first-order valence-corrected chi connectivity index (χ1v) is 12.3. The normalized spacial score (nSPS) is 19.3. The Morgan fingerprint density at radius 2 is 1.42 bits per heavy atom. The number of para-hydroxylation sites is 3. The minimum absolute atomic E-state index is 0. The average Bonchev–Trinajstić information content (AvgIpc) is 3.16. The van der Waals surface area contributed by atoms with Gasteiger partial charge in [-0.2, -0.15) is 0 Å². The van der Waals surface area contributed by atoms with Crippen LogP contribution in [0.2, 0.25) is 0 Å². The van der Waals surface area contributed by atoms with Crippen molar-refractivity contribution in [2.75, 3.05) is 56.2 Å². The predicted octanol–water partition coefficient (Wildman–Crippen LogP) is 5.40. The molecule has 1 atom stereocenters. The lowest BCUT2D eigenvalue weighted by Crippen LogP contribution is -2.49. The Kier molecular flexibility index (Phi) is 9.29. The van der Waals surface area contributed by atoms with E-state index in [1.807, 2.05) is 41.3 Å². The molecule has 1 amide bonds. The number of rotatable bonds is 7. The van der Waals surface area contributed by atoms with Crippen molar-refractivity contribution in [3.63, 3.8) is 0 Å². The lowest BCUT2D eigenvalue weighted by Gasteiger charge is -2.38. The Morgan fingerprint density at radius 3 is 2.08 bits per heavy atom. The zero-order chi connectivity index (χ0) is 23.5. The van der Waals surface area contributed by atoms with Gasteiger partial charge in [0.1, 0.15) is 11.2 Å². The number of carbonyl (C=O) groups excluding carboxylic acids is 1. The molecular formula is C29H35Cl2N3O2. The number of amides is 1. The Bertz CT molecular complexity index is 1150. The van der Waals surface area contributed by atoms with Crippen molar-refractivity contribution in [2.45, 2.75) is 18.8 Å². The highest BCUT2D eigenvalue weighted by Gasteiger charge is 2.51. The molecule has 1 fully saturated rings. The molecule has 3 aromatic rings. The van der Waals surface area contributed by atoms with Crippen LogP contribution in [0.25, 0.3) is 0 Å². The van der Waals surface area contributed by atoms with Gasteiger partial charge < -0.3 is 14.5 Å². The minimum atomic E-state index is -0.631. The van der Waals surface area contributed by atoms with E-state index >= 15 is 0 Å². The van der Waals surface area contributed by atoms with E-state index in [9.17, 15) is 4.79 Å². The molecular weight excluding hydrogens is 493 g/mol. The topological polar surface area (TPSA) is 36.0 Å². The molecule has 0 spiro atoms. The number of fused-ring (bicyclic) bond motifs is 1. The van der Waals surface area contributed by atoms with Crippen LogP contribution in [-0.2, 0) is 10.2 Å². The van der Waals surface area contributed by atoms with Gasteiger partial charge in [-0.15, -0.1) is 24.8 Å². The van der Waals surface area contributed by atoms with Crippen molar-refractivity contribution >= 4 is 42.1 Å². The van der Waals surface area contributed by atoms with Crippen molar-refractivity contribution in [1.82, 2.24) is 4.90 Å². The molecule has 7 heteroatoms. The highest BCUT2D eigenvalue weighted by atomic mass is 35.5. The number of carbonyl (C=O) groups is 1. The fourth-order valence-electron chi connectivity index (χ4n) is 5.66. The molecule has 0 saturated carbocycles. The minimum Gasteiger partial charge on any atom is -0.495 e. The zero-order valence-corrected chi connectivity index (χ0v) is 22.6. The SMILES string of the molecule is CCN1C(=O)C(CCN2CCN(c3ccccc3OC)CC2)(c2ccccc2)c2ccccc21.Cl.Cl. The number of likely N-dealkylation sites (N-methyl/N-ethyl adjacent to an activating group) is 1. The number of methoxy groups -OCH3 is 1. The summed E-state index contributed by atoms with van der Waals surface area (Å²) in [5, 5.41) is 0. The summed E-state index contributed by atoms with van der Waals surface area (Å²) in [5.74, 6) is 1.13. The molecule has 2 aliphatic heterocycles. The number of hydrogen-bond acceptors (Lipinski definition) is 4. The standard InChI is InChI=1S/C29H33N3O2.2ClH/c1-3-32-25-14-8-7-13-24(25)29(28(32)33,23-11-5-4-6-12-23)17-18-30-19-21-31(22-20-30)26-15-9-10-16-27(26)34-2;;/h4-16H,3,17-22H2,1-2H3;2*1H. The molecule has 0 aliphatic carbocycles. The lowest BCUT2D eigenvalue weighted by molar-refractivity contribution is -0.122. The van der Waals surface area contributed by atoms with Crippen LogP contribution in [0.4, 0.5) is 11.4 Å². The molecule has 0 aromatic heterocycles.